The molecule has 0 heterocycles. The molecule has 0 unspecified atom stereocenters. The zero-order valence-corrected chi connectivity index (χ0v) is 48.4. The van der Waals surface area contributed by atoms with Gasteiger partial charge in [0, 0.05) is 19.3 Å². The molecule has 1 atom stereocenters. The fourth-order valence-corrected chi connectivity index (χ4v) is 8.89. The van der Waals surface area contributed by atoms with Crippen LogP contribution in [0.5, 0.6) is 0 Å². The van der Waals surface area contributed by atoms with Gasteiger partial charge in [-0.3, -0.25) is 14.4 Å². The Labute approximate surface area is 453 Å². The molecule has 0 aliphatic rings. The number of esters is 3. The first-order chi connectivity index (χ1) is 36.0. The molecule has 0 saturated carbocycles. The quantitative estimate of drug-likeness (QED) is 0.0261. The minimum atomic E-state index is -0.789. The number of hydrogen-bond acceptors (Lipinski definition) is 6. The lowest BCUT2D eigenvalue weighted by atomic mass is 10.1. The van der Waals surface area contributed by atoms with Crippen LogP contribution in [-0.2, 0) is 28.6 Å². The van der Waals surface area contributed by atoms with E-state index in [1.807, 2.05) is 0 Å². The summed E-state index contributed by atoms with van der Waals surface area (Å²) in [6.45, 7) is 6.59. The Balaban J connectivity index is 4.41. The first-order valence-electron chi connectivity index (χ1n) is 31.4. The van der Waals surface area contributed by atoms with Crippen molar-refractivity contribution >= 4 is 17.9 Å². The monoisotopic (exact) mass is 1020 g/mol. The maximum Gasteiger partial charge on any atom is 0.306 e. The van der Waals surface area contributed by atoms with Crippen molar-refractivity contribution in [1.82, 2.24) is 0 Å². The summed E-state index contributed by atoms with van der Waals surface area (Å²) < 4.78 is 16.9. The van der Waals surface area contributed by atoms with E-state index in [0.717, 1.165) is 89.9 Å². The second kappa shape index (κ2) is 61.4. The highest BCUT2D eigenvalue weighted by Crippen LogP contribution is 2.16. The van der Waals surface area contributed by atoms with E-state index in [4.69, 9.17) is 14.2 Å². The van der Waals surface area contributed by atoms with Gasteiger partial charge in [-0.25, -0.2) is 0 Å². The summed E-state index contributed by atoms with van der Waals surface area (Å²) >= 11 is 0. The van der Waals surface area contributed by atoms with Crippen LogP contribution in [0.25, 0.3) is 0 Å². The van der Waals surface area contributed by atoms with Crippen molar-refractivity contribution in [3.8, 4) is 0 Å². The Bertz CT molecular complexity index is 1360. The Morgan fingerprint density at radius 3 is 0.808 bits per heavy atom. The van der Waals surface area contributed by atoms with Crippen LogP contribution < -0.4 is 0 Å². The van der Waals surface area contributed by atoms with Crippen LogP contribution in [0.15, 0.2) is 72.9 Å². The van der Waals surface area contributed by atoms with Crippen molar-refractivity contribution in [2.45, 2.75) is 322 Å². The van der Waals surface area contributed by atoms with Gasteiger partial charge < -0.3 is 14.2 Å². The molecule has 0 rings (SSSR count). The third-order valence-corrected chi connectivity index (χ3v) is 13.7. The van der Waals surface area contributed by atoms with Crippen molar-refractivity contribution in [2.75, 3.05) is 13.2 Å². The lowest BCUT2D eigenvalue weighted by Crippen LogP contribution is -2.30. The smallest absolute Gasteiger partial charge is 0.306 e. The summed E-state index contributed by atoms with van der Waals surface area (Å²) in [6.07, 6.45) is 78.9. The number of carbonyl (C=O) groups is 3. The lowest BCUT2D eigenvalue weighted by Gasteiger charge is -2.18. The topological polar surface area (TPSA) is 78.9 Å². The van der Waals surface area contributed by atoms with Gasteiger partial charge in [-0.1, -0.05) is 254 Å². The van der Waals surface area contributed by atoms with Crippen LogP contribution >= 0.6 is 0 Å². The molecule has 422 valence electrons. The van der Waals surface area contributed by atoms with Crippen molar-refractivity contribution < 1.29 is 28.6 Å². The van der Waals surface area contributed by atoms with Crippen LogP contribution in [-0.4, -0.2) is 37.2 Å². The minimum Gasteiger partial charge on any atom is -0.462 e. The second-order valence-corrected chi connectivity index (χ2v) is 21.0. The average Bonchev–Trinajstić information content (AvgIpc) is 3.39. The highest BCUT2D eigenvalue weighted by Gasteiger charge is 2.19. The van der Waals surface area contributed by atoms with Gasteiger partial charge in [0.25, 0.3) is 0 Å². The van der Waals surface area contributed by atoms with Gasteiger partial charge in [-0.15, -0.1) is 0 Å². The highest BCUT2D eigenvalue weighted by molar-refractivity contribution is 5.71. The van der Waals surface area contributed by atoms with Crippen molar-refractivity contribution in [1.29, 1.82) is 0 Å². The molecule has 0 aliphatic heterocycles. The molecule has 6 heteroatoms. The van der Waals surface area contributed by atoms with E-state index in [9.17, 15) is 14.4 Å². The summed E-state index contributed by atoms with van der Waals surface area (Å²) in [5, 5.41) is 0. The Morgan fingerprint density at radius 1 is 0.274 bits per heavy atom. The second-order valence-electron chi connectivity index (χ2n) is 21.0. The standard InChI is InChI=1S/C67H118O6/c1-4-7-10-13-16-19-22-25-28-31-33-36-39-42-45-48-51-54-57-60-66(69)72-63-64(62-71-65(68)59-56-53-50-47-44-41-38-35-30-27-24-21-18-15-12-9-6-3)73-67(70)61-58-55-52-49-46-43-40-37-34-32-29-26-23-20-17-14-11-8-5-2/h16,18-19,21,25-30,38,41,64H,4-15,17,20,22-24,31-37,39-40,42-63H2,1-3H3/b19-16-,21-18-,28-25-,29-26-,30-27-,41-38-/t64-/m1/s1. The predicted molar refractivity (Wildman–Crippen MR) is 316 cm³/mol. The van der Waals surface area contributed by atoms with Gasteiger partial charge in [0.15, 0.2) is 6.10 Å². The normalized spacial score (nSPS) is 12.5. The number of ether oxygens (including phenoxy) is 3. The average molecular weight is 1020 g/mol. The molecule has 6 nitrogen and oxygen atoms in total. The molecular formula is C67H118O6. The van der Waals surface area contributed by atoms with Gasteiger partial charge >= 0.3 is 17.9 Å². The van der Waals surface area contributed by atoms with E-state index in [1.54, 1.807) is 0 Å². The molecular weight excluding hydrogens is 901 g/mol. The predicted octanol–water partition coefficient (Wildman–Crippen LogP) is 21.3. The molecule has 0 saturated heterocycles. The van der Waals surface area contributed by atoms with Crippen molar-refractivity contribution in [2.24, 2.45) is 0 Å². The van der Waals surface area contributed by atoms with E-state index in [0.29, 0.717) is 19.3 Å². The maximum absolute atomic E-state index is 12.9. The van der Waals surface area contributed by atoms with Crippen molar-refractivity contribution in [3.05, 3.63) is 72.9 Å². The third-order valence-electron chi connectivity index (χ3n) is 13.7. The number of hydrogen-bond donors (Lipinski definition) is 0. The van der Waals surface area contributed by atoms with Gasteiger partial charge in [-0.05, 0) is 116 Å². The maximum atomic E-state index is 12.9. The summed E-state index contributed by atoms with van der Waals surface area (Å²) in [6, 6.07) is 0. The largest absolute Gasteiger partial charge is 0.462 e. The molecule has 0 bridgehead atoms. The van der Waals surface area contributed by atoms with Gasteiger partial charge in [0.1, 0.15) is 13.2 Å². The van der Waals surface area contributed by atoms with Crippen LogP contribution in [0.3, 0.4) is 0 Å². The molecule has 0 N–H and O–H groups in total. The van der Waals surface area contributed by atoms with E-state index in [1.165, 1.54) is 186 Å². The fourth-order valence-electron chi connectivity index (χ4n) is 8.89. The van der Waals surface area contributed by atoms with Gasteiger partial charge in [-0.2, -0.15) is 0 Å². The van der Waals surface area contributed by atoms with Crippen molar-refractivity contribution in [3.63, 3.8) is 0 Å². The summed E-state index contributed by atoms with van der Waals surface area (Å²) in [4.78, 5) is 38.3. The minimum absolute atomic E-state index is 0.0845. The Morgan fingerprint density at radius 2 is 0.493 bits per heavy atom. The number of allylic oxidation sites excluding steroid dienone is 12. The Kier molecular flexibility index (Phi) is 58.7. The first-order valence-corrected chi connectivity index (χ1v) is 31.4. The fraction of sp³-hybridized carbons (Fsp3) is 0.776. The van der Waals surface area contributed by atoms with E-state index in [2.05, 4.69) is 93.7 Å². The van der Waals surface area contributed by atoms with Crippen LogP contribution in [0, 0.1) is 0 Å². The van der Waals surface area contributed by atoms with Crippen LogP contribution in [0.2, 0.25) is 0 Å². The lowest BCUT2D eigenvalue weighted by molar-refractivity contribution is -0.167. The number of carbonyl (C=O) groups excluding carboxylic acids is 3. The SMILES string of the molecule is CCCCC/C=C\C/C=C\C/C=C\CCCCCCC(=O)OC[C@H](COC(=O)CCCCCCCCCCC/C=C\C/C=C\CCCCC)OC(=O)CCCCCCCCCCC/C=C\CCCCCCCC. The van der Waals surface area contributed by atoms with E-state index >= 15 is 0 Å². The van der Waals surface area contributed by atoms with Crippen LogP contribution in [0.4, 0.5) is 0 Å². The molecule has 0 aliphatic carbocycles. The molecule has 0 aromatic carbocycles. The van der Waals surface area contributed by atoms with Gasteiger partial charge in [0.2, 0.25) is 0 Å². The molecule has 73 heavy (non-hydrogen) atoms. The van der Waals surface area contributed by atoms with E-state index < -0.39 is 6.10 Å². The third kappa shape index (κ3) is 59.6. The molecule has 0 aromatic heterocycles. The molecule has 0 aromatic rings. The Hall–Kier alpha value is -3.15. The molecule has 0 amide bonds. The van der Waals surface area contributed by atoms with Gasteiger partial charge in [0.05, 0.1) is 0 Å². The summed E-state index contributed by atoms with van der Waals surface area (Å²) in [7, 11) is 0. The first kappa shape index (κ1) is 69.8. The highest BCUT2D eigenvalue weighted by atomic mass is 16.6. The van der Waals surface area contributed by atoms with Crippen LogP contribution in [0.1, 0.15) is 316 Å². The summed E-state index contributed by atoms with van der Waals surface area (Å²) in [5.74, 6) is -0.899. The zero-order valence-electron chi connectivity index (χ0n) is 48.4. The molecule has 0 fully saturated rings. The zero-order chi connectivity index (χ0) is 52.9. The van der Waals surface area contributed by atoms with E-state index in [-0.39, 0.29) is 31.1 Å². The molecule has 0 spiro atoms. The number of unbranched alkanes of at least 4 members (excludes halogenated alkanes) is 34. The molecule has 0 radical (unpaired) electrons. The summed E-state index contributed by atoms with van der Waals surface area (Å²) in [5.41, 5.74) is 0. The number of rotatable bonds is 57.